The van der Waals surface area contributed by atoms with Crippen LogP contribution in [0, 0.1) is 12.8 Å². The Morgan fingerprint density at radius 1 is 1.73 bits per heavy atom. The van der Waals surface area contributed by atoms with E-state index in [0.29, 0.717) is 29.0 Å². The van der Waals surface area contributed by atoms with Crippen LogP contribution in [0.25, 0.3) is 0 Å². The Kier molecular flexibility index (Phi) is 2.95. The lowest BCUT2D eigenvalue weighted by Crippen LogP contribution is -2.25. The van der Waals surface area contributed by atoms with Gasteiger partial charge in [-0.05, 0) is 19.4 Å². The first-order valence-corrected chi connectivity index (χ1v) is 5.94. The Morgan fingerprint density at radius 2 is 2.47 bits per heavy atom. The summed E-state index contributed by atoms with van der Waals surface area (Å²) >= 11 is 7.27. The molecule has 6 heteroatoms. The van der Waals surface area contributed by atoms with Gasteiger partial charge in [0.1, 0.15) is 4.34 Å². The fourth-order valence-corrected chi connectivity index (χ4v) is 2.68. The second-order valence-corrected chi connectivity index (χ2v) is 5.25. The zero-order valence-electron chi connectivity index (χ0n) is 8.36. The van der Waals surface area contributed by atoms with Crippen LogP contribution in [0.15, 0.2) is 0 Å². The third-order valence-electron chi connectivity index (χ3n) is 2.50. The summed E-state index contributed by atoms with van der Waals surface area (Å²) in [6.07, 6.45) is 0.521. The fourth-order valence-electron chi connectivity index (χ4n) is 1.60. The molecule has 0 bridgehead atoms. The van der Waals surface area contributed by atoms with Crippen LogP contribution in [-0.4, -0.2) is 24.0 Å². The molecule has 0 spiro atoms. The molecule has 82 valence electrons. The van der Waals surface area contributed by atoms with E-state index in [9.17, 15) is 4.79 Å². The first-order chi connectivity index (χ1) is 7.11. The highest BCUT2D eigenvalue weighted by Crippen LogP contribution is 2.33. The molecule has 2 heterocycles. The van der Waals surface area contributed by atoms with Crippen LogP contribution >= 0.6 is 22.9 Å². The van der Waals surface area contributed by atoms with E-state index in [2.05, 4.69) is 4.98 Å². The second kappa shape index (κ2) is 4.08. The number of nitrogens with zero attached hydrogens (tertiary/aromatic N) is 2. The fraction of sp³-hybridized carbons (Fsp3) is 0.556. The van der Waals surface area contributed by atoms with E-state index in [1.165, 1.54) is 11.3 Å². The van der Waals surface area contributed by atoms with Crippen molar-refractivity contribution in [2.24, 2.45) is 11.7 Å². The minimum absolute atomic E-state index is 0.0934. The Labute approximate surface area is 97.0 Å². The SMILES string of the molecule is Cc1nc(N2CC(CN)CC2=O)sc1Cl. The van der Waals surface area contributed by atoms with Crippen LogP contribution in [0.5, 0.6) is 0 Å². The lowest BCUT2D eigenvalue weighted by atomic mass is 10.1. The summed E-state index contributed by atoms with van der Waals surface area (Å²) < 4.78 is 0.647. The summed E-state index contributed by atoms with van der Waals surface area (Å²) in [4.78, 5) is 17.6. The molecular weight excluding hydrogens is 234 g/mol. The molecule has 2 N–H and O–H groups in total. The molecule has 4 nitrogen and oxygen atoms in total. The quantitative estimate of drug-likeness (QED) is 0.857. The van der Waals surface area contributed by atoms with E-state index in [1.54, 1.807) is 4.90 Å². The van der Waals surface area contributed by atoms with Crippen LogP contribution in [0.1, 0.15) is 12.1 Å². The average molecular weight is 246 g/mol. The molecule has 1 amide bonds. The number of hydrogen-bond donors (Lipinski definition) is 1. The summed E-state index contributed by atoms with van der Waals surface area (Å²) in [5.41, 5.74) is 6.33. The summed E-state index contributed by atoms with van der Waals surface area (Å²) in [5.74, 6) is 0.344. The van der Waals surface area contributed by atoms with Gasteiger partial charge in [-0.2, -0.15) is 0 Å². The molecule has 15 heavy (non-hydrogen) atoms. The molecule has 1 unspecified atom stereocenters. The van der Waals surface area contributed by atoms with Crippen LogP contribution in [-0.2, 0) is 4.79 Å². The van der Waals surface area contributed by atoms with E-state index >= 15 is 0 Å². The molecule has 1 saturated heterocycles. The third kappa shape index (κ3) is 2.00. The van der Waals surface area contributed by atoms with Gasteiger partial charge in [0, 0.05) is 13.0 Å². The number of rotatable bonds is 2. The standard InChI is InChI=1S/C9H12ClN3OS/c1-5-8(10)15-9(12-5)13-4-6(3-11)2-7(13)14/h6H,2-4,11H2,1H3. The van der Waals surface area contributed by atoms with Crippen LogP contribution in [0.4, 0.5) is 5.13 Å². The van der Waals surface area contributed by atoms with Gasteiger partial charge in [-0.15, -0.1) is 0 Å². The lowest BCUT2D eigenvalue weighted by molar-refractivity contribution is -0.117. The molecule has 1 aliphatic rings. The number of carbonyl (C=O) groups excluding carboxylic acids is 1. The molecule has 0 aromatic carbocycles. The highest BCUT2D eigenvalue weighted by Gasteiger charge is 2.31. The van der Waals surface area contributed by atoms with Gasteiger partial charge >= 0.3 is 0 Å². The van der Waals surface area contributed by atoms with Crippen molar-refractivity contribution in [2.45, 2.75) is 13.3 Å². The van der Waals surface area contributed by atoms with Gasteiger partial charge in [0.25, 0.3) is 0 Å². The highest BCUT2D eigenvalue weighted by atomic mass is 35.5. The highest BCUT2D eigenvalue weighted by molar-refractivity contribution is 7.19. The molecule has 0 radical (unpaired) electrons. The van der Waals surface area contributed by atoms with Crippen molar-refractivity contribution in [1.82, 2.24) is 4.98 Å². The zero-order valence-corrected chi connectivity index (χ0v) is 9.94. The predicted molar refractivity (Wildman–Crippen MR) is 61.4 cm³/mol. The van der Waals surface area contributed by atoms with Crippen molar-refractivity contribution in [2.75, 3.05) is 18.0 Å². The van der Waals surface area contributed by atoms with Crippen LogP contribution in [0.3, 0.4) is 0 Å². The minimum atomic E-state index is 0.0934. The number of anilines is 1. The van der Waals surface area contributed by atoms with Gasteiger partial charge in [-0.25, -0.2) is 4.98 Å². The Balaban J connectivity index is 2.21. The predicted octanol–water partition coefficient (Wildman–Crippen LogP) is 1.42. The largest absolute Gasteiger partial charge is 0.330 e. The number of nitrogens with two attached hydrogens (primary N) is 1. The molecule has 1 aromatic rings. The molecule has 1 aliphatic heterocycles. The van der Waals surface area contributed by atoms with Gasteiger partial charge in [-0.1, -0.05) is 22.9 Å². The summed E-state index contributed by atoms with van der Waals surface area (Å²) in [6, 6.07) is 0. The van der Waals surface area contributed by atoms with Crippen molar-refractivity contribution >= 4 is 34.0 Å². The van der Waals surface area contributed by atoms with Crippen molar-refractivity contribution in [3.8, 4) is 0 Å². The number of amides is 1. The van der Waals surface area contributed by atoms with Gasteiger partial charge in [0.15, 0.2) is 5.13 Å². The molecule has 1 fully saturated rings. The number of hydrogen-bond acceptors (Lipinski definition) is 4. The van der Waals surface area contributed by atoms with E-state index in [1.807, 2.05) is 6.92 Å². The third-order valence-corrected chi connectivity index (χ3v) is 3.97. The number of halogens is 1. The van der Waals surface area contributed by atoms with E-state index in [0.717, 1.165) is 5.69 Å². The lowest BCUT2D eigenvalue weighted by Gasteiger charge is -2.11. The maximum atomic E-state index is 11.7. The first kappa shape index (κ1) is 10.9. The molecule has 2 rings (SSSR count). The van der Waals surface area contributed by atoms with E-state index < -0.39 is 0 Å². The Bertz CT molecular complexity index is 373. The van der Waals surface area contributed by atoms with Crippen molar-refractivity contribution in [3.05, 3.63) is 10.0 Å². The smallest absolute Gasteiger partial charge is 0.229 e. The monoisotopic (exact) mass is 245 g/mol. The molecule has 0 saturated carbocycles. The number of thiazole rings is 1. The summed E-state index contributed by atoms with van der Waals surface area (Å²) in [6.45, 7) is 3.04. The van der Waals surface area contributed by atoms with Crippen molar-refractivity contribution in [3.63, 3.8) is 0 Å². The molecule has 1 atom stereocenters. The number of aromatic nitrogens is 1. The number of carbonyl (C=O) groups is 1. The van der Waals surface area contributed by atoms with Crippen LogP contribution < -0.4 is 10.6 Å². The number of aryl methyl sites for hydroxylation is 1. The van der Waals surface area contributed by atoms with E-state index in [-0.39, 0.29) is 11.8 Å². The normalized spacial score (nSPS) is 21.4. The second-order valence-electron chi connectivity index (χ2n) is 3.67. The van der Waals surface area contributed by atoms with Crippen molar-refractivity contribution in [1.29, 1.82) is 0 Å². The van der Waals surface area contributed by atoms with Gasteiger partial charge in [0.2, 0.25) is 5.91 Å². The zero-order chi connectivity index (χ0) is 11.0. The summed E-state index contributed by atoms with van der Waals surface area (Å²) in [7, 11) is 0. The molecular formula is C9H12ClN3OS. The van der Waals surface area contributed by atoms with Crippen molar-refractivity contribution < 1.29 is 4.79 Å². The Hall–Kier alpha value is -0.650. The van der Waals surface area contributed by atoms with Gasteiger partial charge in [-0.3, -0.25) is 9.69 Å². The minimum Gasteiger partial charge on any atom is -0.330 e. The molecule has 0 aliphatic carbocycles. The Morgan fingerprint density at radius 3 is 2.93 bits per heavy atom. The van der Waals surface area contributed by atoms with Crippen LogP contribution in [0.2, 0.25) is 4.34 Å². The molecule has 1 aromatic heterocycles. The maximum absolute atomic E-state index is 11.7. The average Bonchev–Trinajstić information content (AvgIpc) is 2.71. The van der Waals surface area contributed by atoms with Gasteiger partial charge in [0.05, 0.1) is 5.69 Å². The summed E-state index contributed by atoms with van der Waals surface area (Å²) in [5, 5.41) is 0.693. The topological polar surface area (TPSA) is 59.2 Å². The van der Waals surface area contributed by atoms with E-state index in [4.69, 9.17) is 17.3 Å². The first-order valence-electron chi connectivity index (χ1n) is 4.75. The maximum Gasteiger partial charge on any atom is 0.229 e. The van der Waals surface area contributed by atoms with Gasteiger partial charge < -0.3 is 5.73 Å².